The van der Waals surface area contributed by atoms with E-state index in [-0.39, 0.29) is 0 Å². The van der Waals surface area contributed by atoms with Gasteiger partial charge in [0, 0.05) is 6.61 Å². The zero-order chi connectivity index (χ0) is 10.8. The summed E-state index contributed by atoms with van der Waals surface area (Å²) in [5.74, 6) is 0. The average molecular weight is 204 g/mol. The number of rotatable bonds is 7. The van der Waals surface area contributed by atoms with E-state index in [2.05, 4.69) is 31.2 Å². The lowest BCUT2D eigenvalue weighted by Gasteiger charge is -2.02. The maximum atomic E-state index is 5.57. The van der Waals surface area contributed by atoms with Gasteiger partial charge in [-0.2, -0.15) is 0 Å². The van der Waals surface area contributed by atoms with Crippen LogP contribution < -0.4 is 0 Å². The van der Waals surface area contributed by atoms with Crippen molar-refractivity contribution < 1.29 is 4.74 Å². The second-order valence-electron chi connectivity index (χ2n) is 3.56. The summed E-state index contributed by atoms with van der Waals surface area (Å²) in [6, 6.07) is 10.3. The smallest absolute Gasteiger partial charge is 0.0716 e. The molecule has 15 heavy (non-hydrogen) atoms. The van der Waals surface area contributed by atoms with Crippen molar-refractivity contribution in [2.45, 2.75) is 32.8 Å². The molecule has 0 N–H and O–H groups in total. The first-order chi connectivity index (χ1) is 7.43. The van der Waals surface area contributed by atoms with E-state index in [4.69, 9.17) is 4.74 Å². The third-order valence-corrected chi connectivity index (χ3v) is 2.17. The molecular weight excluding hydrogens is 184 g/mol. The van der Waals surface area contributed by atoms with Crippen molar-refractivity contribution in [3.63, 3.8) is 0 Å². The van der Waals surface area contributed by atoms with Crippen LogP contribution in [0.3, 0.4) is 0 Å². The highest BCUT2D eigenvalue weighted by atomic mass is 16.5. The Labute approximate surface area is 92.8 Å². The lowest BCUT2D eigenvalue weighted by Crippen LogP contribution is -1.94. The summed E-state index contributed by atoms with van der Waals surface area (Å²) in [6.45, 7) is 3.74. The third kappa shape index (κ3) is 6.08. The highest BCUT2D eigenvalue weighted by Gasteiger charge is 1.90. The zero-order valence-corrected chi connectivity index (χ0v) is 9.49. The van der Waals surface area contributed by atoms with Crippen LogP contribution in [0, 0.1) is 0 Å². The summed E-state index contributed by atoms with van der Waals surface area (Å²) in [5, 5.41) is 0. The predicted octanol–water partition coefficient (Wildman–Crippen LogP) is 3.95. The van der Waals surface area contributed by atoms with Gasteiger partial charge >= 0.3 is 0 Å². The molecule has 1 nitrogen and oxygen atoms in total. The maximum Gasteiger partial charge on any atom is 0.0716 e. The fourth-order valence-corrected chi connectivity index (χ4v) is 1.35. The number of unbranched alkanes of at least 4 members (excludes halogenated alkanes) is 1. The van der Waals surface area contributed by atoms with Crippen LogP contribution in [-0.2, 0) is 11.3 Å². The molecule has 0 atom stereocenters. The minimum atomic E-state index is 0.734. The third-order valence-electron chi connectivity index (χ3n) is 2.17. The van der Waals surface area contributed by atoms with Gasteiger partial charge in [0.15, 0.2) is 0 Å². The van der Waals surface area contributed by atoms with E-state index in [0.717, 1.165) is 32.5 Å². The van der Waals surface area contributed by atoms with Gasteiger partial charge in [-0.3, -0.25) is 0 Å². The van der Waals surface area contributed by atoms with E-state index in [1.165, 1.54) is 5.56 Å². The minimum absolute atomic E-state index is 0.734. The average Bonchev–Trinajstić information content (AvgIpc) is 2.29. The Bertz CT molecular complexity index is 264. The van der Waals surface area contributed by atoms with Gasteiger partial charge < -0.3 is 4.74 Å². The normalized spacial score (nSPS) is 11.0. The largest absolute Gasteiger partial charge is 0.377 e. The number of allylic oxidation sites excluding steroid dienone is 2. The Morgan fingerprint density at radius 3 is 2.67 bits per heavy atom. The monoisotopic (exact) mass is 204 g/mol. The molecule has 0 radical (unpaired) electrons. The Balaban J connectivity index is 2.00. The number of benzene rings is 1. The fraction of sp³-hybridized carbons (Fsp3) is 0.429. The van der Waals surface area contributed by atoms with E-state index in [1.807, 2.05) is 18.2 Å². The Morgan fingerprint density at radius 1 is 1.13 bits per heavy atom. The van der Waals surface area contributed by atoms with E-state index in [1.54, 1.807) is 0 Å². The van der Waals surface area contributed by atoms with Crippen molar-refractivity contribution >= 4 is 0 Å². The molecule has 0 aliphatic carbocycles. The topological polar surface area (TPSA) is 9.23 Å². The molecule has 0 fully saturated rings. The lowest BCUT2D eigenvalue weighted by molar-refractivity contribution is 0.119. The SMILES string of the molecule is CC/C=C/CCCOCc1ccccc1. The van der Waals surface area contributed by atoms with Gasteiger partial charge in [-0.15, -0.1) is 0 Å². The second-order valence-corrected chi connectivity index (χ2v) is 3.56. The molecule has 0 spiro atoms. The predicted molar refractivity (Wildman–Crippen MR) is 64.8 cm³/mol. The van der Waals surface area contributed by atoms with Crippen molar-refractivity contribution in [2.75, 3.05) is 6.61 Å². The van der Waals surface area contributed by atoms with E-state index in [0.29, 0.717) is 0 Å². The molecule has 1 aromatic rings. The molecule has 0 heterocycles. The molecule has 1 heteroatoms. The molecule has 0 aliphatic rings. The van der Waals surface area contributed by atoms with Gasteiger partial charge in [0.2, 0.25) is 0 Å². The van der Waals surface area contributed by atoms with Crippen LogP contribution in [-0.4, -0.2) is 6.61 Å². The summed E-state index contributed by atoms with van der Waals surface area (Å²) in [7, 11) is 0. The summed E-state index contributed by atoms with van der Waals surface area (Å²) >= 11 is 0. The van der Waals surface area contributed by atoms with E-state index in [9.17, 15) is 0 Å². The van der Waals surface area contributed by atoms with Gasteiger partial charge in [0.25, 0.3) is 0 Å². The van der Waals surface area contributed by atoms with Crippen molar-refractivity contribution in [3.05, 3.63) is 48.0 Å². The standard InChI is InChI=1S/C14H20O/c1-2-3-4-5-9-12-15-13-14-10-7-6-8-11-14/h3-4,6-8,10-11H,2,5,9,12-13H2,1H3/b4-3+. The summed E-state index contributed by atoms with van der Waals surface area (Å²) < 4.78 is 5.57. The maximum absolute atomic E-state index is 5.57. The molecule has 1 rings (SSSR count). The van der Waals surface area contributed by atoms with Gasteiger partial charge in [-0.25, -0.2) is 0 Å². The van der Waals surface area contributed by atoms with Crippen molar-refractivity contribution in [3.8, 4) is 0 Å². The van der Waals surface area contributed by atoms with Gasteiger partial charge in [-0.1, -0.05) is 49.4 Å². The van der Waals surface area contributed by atoms with Crippen LogP contribution in [0.25, 0.3) is 0 Å². The van der Waals surface area contributed by atoms with Crippen molar-refractivity contribution in [1.29, 1.82) is 0 Å². The second kappa shape index (κ2) is 8.25. The summed E-state index contributed by atoms with van der Waals surface area (Å²) in [5.41, 5.74) is 1.25. The van der Waals surface area contributed by atoms with E-state index < -0.39 is 0 Å². The highest BCUT2D eigenvalue weighted by Crippen LogP contribution is 2.01. The molecule has 0 aromatic heterocycles. The Hall–Kier alpha value is -1.08. The number of hydrogen-bond acceptors (Lipinski definition) is 1. The van der Waals surface area contributed by atoms with Crippen LogP contribution >= 0.6 is 0 Å². The van der Waals surface area contributed by atoms with Crippen LogP contribution in [0.4, 0.5) is 0 Å². The molecular formula is C14H20O. The van der Waals surface area contributed by atoms with Gasteiger partial charge in [0.05, 0.1) is 6.61 Å². The molecule has 0 amide bonds. The molecule has 1 aromatic carbocycles. The van der Waals surface area contributed by atoms with Gasteiger partial charge in [0.1, 0.15) is 0 Å². The molecule has 0 saturated carbocycles. The van der Waals surface area contributed by atoms with Crippen molar-refractivity contribution in [1.82, 2.24) is 0 Å². The molecule has 0 saturated heterocycles. The van der Waals surface area contributed by atoms with Crippen LogP contribution in [0.15, 0.2) is 42.5 Å². The van der Waals surface area contributed by atoms with Gasteiger partial charge in [-0.05, 0) is 24.8 Å². The van der Waals surface area contributed by atoms with E-state index >= 15 is 0 Å². The van der Waals surface area contributed by atoms with Crippen LogP contribution in [0.5, 0.6) is 0 Å². The fourth-order valence-electron chi connectivity index (χ4n) is 1.35. The summed E-state index contributed by atoms with van der Waals surface area (Å²) in [4.78, 5) is 0. The van der Waals surface area contributed by atoms with Crippen LogP contribution in [0.1, 0.15) is 31.7 Å². The number of ether oxygens (including phenoxy) is 1. The molecule has 0 unspecified atom stereocenters. The first kappa shape index (κ1) is 12.0. The zero-order valence-electron chi connectivity index (χ0n) is 9.49. The Kier molecular flexibility index (Phi) is 6.59. The molecule has 0 bridgehead atoms. The first-order valence-corrected chi connectivity index (χ1v) is 5.70. The minimum Gasteiger partial charge on any atom is -0.377 e. The summed E-state index contributed by atoms with van der Waals surface area (Å²) in [6.07, 6.45) is 7.81. The number of hydrogen-bond donors (Lipinski definition) is 0. The van der Waals surface area contributed by atoms with Crippen LogP contribution in [0.2, 0.25) is 0 Å². The molecule has 82 valence electrons. The first-order valence-electron chi connectivity index (χ1n) is 5.70. The Morgan fingerprint density at radius 2 is 1.93 bits per heavy atom. The highest BCUT2D eigenvalue weighted by molar-refractivity contribution is 5.13. The quantitative estimate of drug-likeness (QED) is 0.482. The van der Waals surface area contributed by atoms with Crippen molar-refractivity contribution in [2.24, 2.45) is 0 Å². The lowest BCUT2D eigenvalue weighted by atomic mass is 10.2. The molecule has 0 aliphatic heterocycles.